The van der Waals surface area contributed by atoms with Crippen molar-refractivity contribution in [3.63, 3.8) is 0 Å². The summed E-state index contributed by atoms with van der Waals surface area (Å²) in [5, 5.41) is 0. The van der Waals surface area contributed by atoms with Crippen molar-refractivity contribution in [3.05, 3.63) is 59.7 Å². The van der Waals surface area contributed by atoms with Crippen LogP contribution in [0.3, 0.4) is 0 Å². The van der Waals surface area contributed by atoms with Gasteiger partial charge in [0.05, 0.1) is 0 Å². The lowest BCUT2D eigenvalue weighted by molar-refractivity contribution is -0.327. The topological polar surface area (TPSA) is 36.9 Å². The Bertz CT molecular complexity index is 912. The zero-order valence-corrected chi connectivity index (χ0v) is 18.6. The van der Waals surface area contributed by atoms with Gasteiger partial charge in [-0.3, -0.25) is 0 Å². The Hall–Kier alpha value is -2.42. The smallest absolute Gasteiger partial charge is 0.359 e. The molecule has 0 N–H and O–H groups in total. The molecule has 0 unspecified atom stereocenters. The highest BCUT2D eigenvalue weighted by Gasteiger charge is 2.65. The minimum absolute atomic E-state index is 0.526. The first-order valence-corrected chi connectivity index (χ1v) is 9.89. The molecule has 0 heterocycles. The van der Waals surface area contributed by atoms with E-state index in [-0.39, 0.29) is 0 Å². The van der Waals surface area contributed by atoms with E-state index in [1.165, 1.54) is 12.1 Å². The van der Waals surface area contributed by atoms with Gasteiger partial charge in [0.25, 0.3) is 0 Å². The van der Waals surface area contributed by atoms with Gasteiger partial charge in [0.1, 0.15) is 13.6 Å². The molecule has 14 heteroatoms. The second-order valence-electron chi connectivity index (χ2n) is 7.32. The molecule has 2 aromatic carbocycles. The maximum atomic E-state index is 14.5. The number of alkyl halides is 10. The molecule has 0 aromatic heterocycles. The van der Waals surface area contributed by atoms with E-state index in [1.54, 1.807) is 0 Å². The molecule has 0 radical (unpaired) electrons. The number of hydrogen-bond donors (Lipinski definition) is 0. The van der Waals surface area contributed by atoms with Crippen LogP contribution in [0.4, 0.5) is 43.9 Å². The second-order valence-corrected chi connectivity index (χ2v) is 7.32. The SMILES string of the molecule is COCO[C@H](c1ccccc1-c1ccccc1[C@@H](OCOC)C(F)(F)C(F)(F)F)C(F)(F)C(F)(F)F. The van der Waals surface area contributed by atoms with Crippen molar-refractivity contribution in [1.29, 1.82) is 0 Å². The molecule has 4 nitrogen and oxygen atoms in total. The monoisotopic (exact) mass is 538 g/mol. The van der Waals surface area contributed by atoms with Crippen molar-refractivity contribution in [2.24, 2.45) is 0 Å². The Morgan fingerprint density at radius 2 is 0.861 bits per heavy atom. The largest absolute Gasteiger partial charge is 0.456 e. The van der Waals surface area contributed by atoms with Gasteiger partial charge in [-0.25, -0.2) is 0 Å². The van der Waals surface area contributed by atoms with Gasteiger partial charge in [0.15, 0.2) is 12.2 Å². The minimum atomic E-state index is -6.11. The van der Waals surface area contributed by atoms with Crippen molar-refractivity contribution in [1.82, 2.24) is 0 Å². The molecule has 0 amide bonds. The van der Waals surface area contributed by atoms with Crippen LogP contribution in [0.1, 0.15) is 23.3 Å². The van der Waals surface area contributed by atoms with Crippen LogP contribution in [-0.2, 0) is 18.9 Å². The lowest BCUT2D eigenvalue weighted by Crippen LogP contribution is -2.44. The summed E-state index contributed by atoms with van der Waals surface area (Å²) in [6, 6.07) is 8.04. The van der Waals surface area contributed by atoms with Gasteiger partial charge in [-0.1, -0.05) is 48.5 Å². The van der Waals surface area contributed by atoms with Crippen LogP contribution in [0, 0.1) is 0 Å². The summed E-state index contributed by atoms with van der Waals surface area (Å²) in [6.45, 7) is -2.03. The molecule has 0 aliphatic rings. The maximum Gasteiger partial charge on any atom is 0.456 e. The van der Waals surface area contributed by atoms with Crippen LogP contribution in [0.5, 0.6) is 0 Å². The Morgan fingerprint density at radius 3 is 1.14 bits per heavy atom. The van der Waals surface area contributed by atoms with E-state index in [4.69, 9.17) is 0 Å². The third-order valence-electron chi connectivity index (χ3n) is 4.90. The van der Waals surface area contributed by atoms with Gasteiger partial charge in [-0.05, 0) is 22.3 Å². The average Bonchev–Trinajstić information content (AvgIpc) is 2.78. The molecule has 0 aliphatic heterocycles. The molecule has 0 saturated carbocycles. The first-order chi connectivity index (χ1) is 16.6. The molecule has 0 aliphatic carbocycles. The Balaban J connectivity index is 2.80. The second kappa shape index (κ2) is 11.3. The summed E-state index contributed by atoms with van der Waals surface area (Å²) in [7, 11) is 1.92. The summed E-state index contributed by atoms with van der Waals surface area (Å²) >= 11 is 0. The molecular formula is C22H20F10O4. The normalized spacial score (nSPS) is 15.1. The van der Waals surface area contributed by atoms with Gasteiger partial charge in [0, 0.05) is 14.2 Å². The third-order valence-corrected chi connectivity index (χ3v) is 4.90. The van der Waals surface area contributed by atoms with Gasteiger partial charge in [-0.15, -0.1) is 0 Å². The van der Waals surface area contributed by atoms with Crippen LogP contribution in [-0.4, -0.2) is 52.0 Å². The summed E-state index contributed by atoms with van der Waals surface area (Å²) in [5.74, 6) is -11.0. The van der Waals surface area contributed by atoms with E-state index < -0.39 is 72.2 Å². The van der Waals surface area contributed by atoms with Crippen molar-refractivity contribution in [2.45, 2.75) is 36.4 Å². The van der Waals surface area contributed by atoms with E-state index in [0.29, 0.717) is 0 Å². The molecule has 202 valence electrons. The van der Waals surface area contributed by atoms with E-state index in [0.717, 1.165) is 50.6 Å². The van der Waals surface area contributed by atoms with Gasteiger partial charge in [0.2, 0.25) is 0 Å². The maximum absolute atomic E-state index is 14.5. The fourth-order valence-electron chi connectivity index (χ4n) is 3.29. The van der Waals surface area contributed by atoms with Crippen molar-refractivity contribution in [2.75, 3.05) is 27.8 Å². The standard InChI is InChI=1S/C22H20F10O4/c1-33-11-35-17(19(23,24)21(27,28)29)15-9-5-3-7-13(15)14-8-4-6-10-16(14)18(36-12-34-2)20(25,26)22(30,31)32/h3-10,17-18H,11-12H2,1-2H3/t17-,18-/m1/s1. The zero-order valence-electron chi connectivity index (χ0n) is 18.6. The predicted octanol–water partition coefficient (Wildman–Crippen LogP) is 7.07. The quantitative estimate of drug-likeness (QED) is 0.227. The third kappa shape index (κ3) is 6.10. The van der Waals surface area contributed by atoms with Crippen molar-refractivity contribution < 1.29 is 62.9 Å². The van der Waals surface area contributed by atoms with Crippen LogP contribution in [0.25, 0.3) is 11.1 Å². The highest BCUT2D eigenvalue weighted by Crippen LogP contribution is 2.51. The Labute approximate surface area is 198 Å². The number of methoxy groups -OCH3 is 2. The van der Waals surface area contributed by atoms with E-state index >= 15 is 0 Å². The Morgan fingerprint density at radius 1 is 0.556 bits per heavy atom. The number of halogens is 10. The van der Waals surface area contributed by atoms with Crippen molar-refractivity contribution in [3.8, 4) is 11.1 Å². The summed E-state index contributed by atoms with van der Waals surface area (Å²) in [5.41, 5.74) is -2.74. The molecule has 0 saturated heterocycles. The molecule has 2 rings (SSSR count). The van der Waals surface area contributed by atoms with Crippen molar-refractivity contribution >= 4 is 0 Å². The van der Waals surface area contributed by atoms with Crippen LogP contribution in [0.2, 0.25) is 0 Å². The summed E-state index contributed by atoms with van der Waals surface area (Å²) in [4.78, 5) is 0. The first-order valence-electron chi connectivity index (χ1n) is 9.89. The Kier molecular flexibility index (Phi) is 9.37. The lowest BCUT2D eigenvalue weighted by atomic mass is 9.88. The molecular weight excluding hydrogens is 518 g/mol. The van der Waals surface area contributed by atoms with Crippen LogP contribution in [0.15, 0.2) is 48.5 Å². The predicted molar refractivity (Wildman–Crippen MR) is 105 cm³/mol. The molecule has 36 heavy (non-hydrogen) atoms. The molecule has 0 fully saturated rings. The highest BCUT2D eigenvalue weighted by atomic mass is 19.4. The number of hydrogen-bond acceptors (Lipinski definition) is 4. The number of ether oxygens (including phenoxy) is 4. The van der Waals surface area contributed by atoms with Gasteiger partial charge >= 0.3 is 24.2 Å². The molecule has 2 atom stereocenters. The van der Waals surface area contributed by atoms with Crippen LogP contribution < -0.4 is 0 Å². The van der Waals surface area contributed by atoms with E-state index in [9.17, 15) is 43.9 Å². The first kappa shape index (κ1) is 29.8. The molecule has 0 spiro atoms. The van der Waals surface area contributed by atoms with E-state index in [2.05, 4.69) is 18.9 Å². The fraction of sp³-hybridized carbons (Fsp3) is 0.455. The minimum Gasteiger partial charge on any atom is -0.359 e. The fourth-order valence-corrected chi connectivity index (χ4v) is 3.29. The average molecular weight is 538 g/mol. The van der Waals surface area contributed by atoms with E-state index in [1.807, 2.05) is 0 Å². The summed E-state index contributed by atoms with van der Waals surface area (Å²) in [6.07, 6.45) is -18.3. The van der Waals surface area contributed by atoms with Crippen LogP contribution >= 0.6 is 0 Å². The molecule has 0 bridgehead atoms. The lowest BCUT2D eigenvalue weighted by Gasteiger charge is -2.32. The zero-order chi connectivity index (χ0) is 27.4. The van der Waals surface area contributed by atoms with Gasteiger partial charge < -0.3 is 18.9 Å². The summed E-state index contributed by atoms with van der Waals surface area (Å²) < 4.78 is 155. The number of rotatable bonds is 11. The highest BCUT2D eigenvalue weighted by molar-refractivity contribution is 5.72. The molecule has 2 aromatic rings. The number of benzene rings is 2. The van der Waals surface area contributed by atoms with Gasteiger partial charge in [-0.2, -0.15) is 43.9 Å².